The van der Waals surface area contributed by atoms with Gasteiger partial charge in [-0.1, -0.05) is 0 Å². The lowest BCUT2D eigenvalue weighted by Crippen LogP contribution is -2.17. The molecular formula is C17H24N6O2. The third kappa shape index (κ3) is 6.34. The number of esters is 1. The summed E-state index contributed by atoms with van der Waals surface area (Å²) in [5.41, 5.74) is 1.27. The average molecular weight is 344 g/mol. The van der Waals surface area contributed by atoms with Crippen molar-refractivity contribution in [1.29, 1.82) is 0 Å². The predicted molar refractivity (Wildman–Crippen MR) is 97.2 cm³/mol. The normalized spacial score (nSPS) is 10.6. The largest absolute Gasteiger partial charge is 0.462 e. The van der Waals surface area contributed by atoms with Crippen LogP contribution in [0.25, 0.3) is 0 Å². The molecule has 8 heteroatoms. The van der Waals surface area contributed by atoms with Crippen LogP contribution < -0.4 is 10.6 Å². The van der Waals surface area contributed by atoms with Crippen LogP contribution in [-0.4, -0.2) is 59.8 Å². The van der Waals surface area contributed by atoms with Gasteiger partial charge in [0.2, 0.25) is 5.95 Å². The number of rotatable bonds is 9. The third-order valence-corrected chi connectivity index (χ3v) is 3.30. The number of aromatic nitrogens is 3. The summed E-state index contributed by atoms with van der Waals surface area (Å²) >= 11 is 0. The van der Waals surface area contributed by atoms with Gasteiger partial charge in [0.05, 0.1) is 18.4 Å². The van der Waals surface area contributed by atoms with Crippen LogP contribution in [0.1, 0.15) is 23.7 Å². The number of benzene rings is 1. The molecule has 0 saturated heterocycles. The highest BCUT2D eigenvalue weighted by Crippen LogP contribution is 2.15. The van der Waals surface area contributed by atoms with E-state index in [-0.39, 0.29) is 5.97 Å². The van der Waals surface area contributed by atoms with Gasteiger partial charge in [-0.2, -0.15) is 10.1 Å². The van der Waals surface area contributed by atoms with Gasteiger partial charge in [0.25, 0.3) is 0 Å². The van der Waals surface area contributed by atoms with Crippen LogP contribution in [-0.2, 0) is 4.74 Å². The molecule has 0 aliphatic carbocycles. The van der Waals surface area contributed by atoms with Crippen molar-refractivity contribution in [2.24, 2.45) is 0 Å². The number of carbonyl (C=O) groups is 1. The first-order chi connectivity index (χ1) is 12.1. The summed E-state index contributed by atoms with van der Waals surface area (Å²) in [5, 5.41) is 14.2. The van der Waals surface area contributed by atoms with E-state index in [9.17, 15) is 4.79 Å². The van der Waals surface area contributed by atoms with E-state index >= 15 is 0 Å². The maximum atomic E-state index is 11.6. The summed E-state index contributed by atoms with van der Waals surface area (Å²) < 4.78 is 4.96. The van der Waals surface area contributed by atoms with Gasteiger partial charge >= 0.3 is 5.97 Å². The van der Waals surface area contributed by atoms with Crippen LogP contribution >= 0.6 is 0 Å². The fourth-order valence-corrected chi connectivity index (χ4v) is 2.09. The van der Waals surface area contributed by atoms with E-state index in [1.807, 2.05) is 14.1 Å². The summed E-state index contributed by atoms with van der Waals surface area (Å²) in [7, 11) is 4.09. The van der Waals surface area contributed by atoms with E-state index in [1.165, 1.54) is 0 Å². The lowest BCUT2D eigenvalue weighted by atomic mass is 10.2. The number of nitrogens with one attached hydrogen (secondary N) is 2. The van der Waals surface area contributed by atoms with E-state index in [0.717, 1.165) is 25.2 Å². The number of hydrogen-bond acceptors (Lipinski definition) is 8. The second kappa shape index (κ2) is 9.53. The Balaban J connectivity index is 1.91. The number of carbonyl (C=O) groups excluding carboxylic acids is 1. The van der Waals surface area contributed by atoms with E-state index in [4.69, 9.17) is 4.74 Å². The topological polar surface area (TPSA) is 92.3 Å². The van der Waals surface area contributed by atoms with Crippen LogP contribution in [0.3, 0.4) is 0 Å². The zero-order valence-corrected chi connectivity index (χ0v) is 14.8. The molecule has 1 aromatic heterocycles. The molecule has 0 aliphatic heterocycles. The van der Waals surface area contributed by atoms with Crippen LogP contribution in [0.2, 0.25) is 0 Å². The Morgan fingerprint density at radius 3 is 2.68 bits per heavy atom. The first-order valence-corrected chi connectivity index (χ1v) is 8.21. The van der Waals surface area contributed by atoms with Crippen molar-refractivity contribution in [2.75, 3.05) is 44.4 Å². The monoisotopic (exact) mass is 344 g/mol. The van der Waals surface area contributed by atoms with E-state index < -0.39 is 0 Å². The Bertz CT molecular complexity index is 675. The fourth-order valence-electron chi connectivity index (χ4n) is 2.09. The lowest BCUT2D eigenvalue weighted by molar-refractivity contribution is 0.0526. The molecule has 2 rings (SSSR count). The zero-order chi connectivity index (χ0) is 18.1. The van der Waals surface area contributed by atoms with Gasteiger partial charge in [0.15, 0.2) is 5.82 Å². The van der Waals surface area contributed by atoms with Gasteiger partial charge in [0.1, 0.15) is 0 Å². The molecule has 1 aromatic carbocycles. The lowest BCUT2D eigenvalue weighted by Gasteiger charge is -2.10. The highest BCUT2D eigenvalue weighted by atomic mass is 16.5. The van der Waals surface area contributed by atoms with Crippen molar-refractivity contribution in [2.45, 2.75) is 13.3 Å². The van der Waals surface area contributed by atoms with E-state index in [0.29, 0.717) is 23.9 Å². The molecule has 0 fully saturated rings. The van der Waals surface area contributed by atoms with Crippen molar-refractivity contribution in [3.63, 3.8) is 0 Å². The van der Waals surface area contributed by atoms with E-state index in [2.05, 4.69) is 30.7 Å². The molecule has 0 radical (unpaired) electrons. The van der Waals surface area contributed by atoms with Crippen LogP contribution in [0.15, 0.2) is 30.5 Å². The minimum absolute atomic E-state index is 0.337. The van der Waals surface area contributed by atoms with Gasteiger partial charge in [-0.3, -0.25) is 0 Å². The molecule has 0 unspecified atom stereocenters. The van der Waals surface area contributed by atoms with Gasteiger partial charge in [0, 0.05) is 12.2 Å². The number of ether oxygens (including phenoxy) is 1. The van der Waals surface area contributed by atoms with Gasteiger partial charge in [-0.25, -0.2) is 4.79 Å². The van der Waals surface area contributed by atoms with Gasteiger partial charge < -0.3 is 20.3 Å². The Hall–Kier alpha value is -2.74. The first-order valence-electron chi connectivity index (χ1n) is 8.21. The molecule has 134 valence electrons. The zero-order valence-electron chi connectivity index (χ0n) is 14.8. The van der Waals surface area contributed by atoms with Gasteiger partial charge in [-0.05, 0) is 58.3 Å². The highest BCUT2D eigenvalue weighted by molar-refractivity contribution is 5.89. The molecule has 0 atom stereocenters. The quantitative estimate of drug-likeness (QED) is 0.528. The Kier molecular flexibility index (Phi) is 7.09. The molecule has 0 spiro atoms. The maximum absolute atomic E-state index is 11.6. The summed E-state index contributed by atoms with van der Waals surface area (Å²) in [4.78, 5) is 18.1. The highest BCUT2D eigenvalue weighted by Gasteiger charge is 2.06. The van der Waals surface area contributed by atoms with E-state index in [1.54, 1.807) is 37.4 Å². The number of anilines is 3. The molecule has 8 nitrogen and oxygen atoms in total. The average Bonchev–Trinajstić information content (AvgIpc) is 2.60. The number of nitrogens with zero attached hydrogens (tertiary/aromatic N) is 4. The molecule has 0 saturated carbocycles. The van der Waals surface area contributed by atoms with Crippen molar-refractivity contribution in [1.82, 2.24) is 20.1 Å². The minimum atomic E-state index is -0.337. The standard InChI is InChI=1S/C17H24N6O2/c1-4-25-16(24)13-6-8-14(9-7-13)20-17-21-15(12-19-22-17)18-10-5-11-23(2)3/h6-9,12H,4-5,10-11H2,1-3H3,(H2,18,20,21,22). The van der Waals surface area contributed by atoms with Crippen molar-refractivity contribution in [3.05, 3.63) is 36.0 Å². The van der Waals surface area contributed by atoms with Crippen LogP contribution in [0.5, 0.6) is 0 Å². The summed E-state index contributed by atoms with van der Waals surface area (Å²) in [6.07, 6.45) is 2.60. The number of hydrogen-bond donors (Lipinski definition) is 2. The molecule has 25 heavy (non-hydrogen) atoms. The molecule has 1 heterocycles. The predicted octanol–water partition coefficient (Wildman–Crippen LogP) is 2.16. The van der Waals surface area contributed by atoms with Crippen molar-refractivity contribution in [3.8, 4) is 0 Å². The first kappa shape index (κ1) is 18.6. The molecule has 2 aromatic rings. The van der Waals surface area contributed by atoms with Crippen molar-refractivity contribution >= 4 is 23.4 Å². The van der Waals surface area contributed by atoms with Crippen LogP contribution in [0, 0.1) is 0 Å². The molecule has 0 bridgehead atoms. The summed E-state index contributed by atoms with van der Waals surface area (Å²) in [6.45, 7) is 3.94. The fraction of sp³-hybridized carbons (Fsp3) is 0.412. The molecular weight excluding hydrogens is 320 g/mol. The third-order valence-electron chi connectivity index (χ3n) is 3.30. The molecule has 0 aliphatic rings. The maximum Gasteiger partial charge on any atom is 0.338 e. The van der Waals surface area contributed by atoms with Gasteiger partial charge in [-0.15, -0.1) is 5.10 Å². The van der Waals surface area contributed by atoms with Crippen LogP contribution in [0.4, 0.5) is 17.5 Å². The Labute approximate surface area is 147 Å². The summed E-state index contributed by atoms with van der Waals surface area (Å²) in [6, 6.07) is 6.92. The second-order valence-corrected chi connectivity index (χ2v) is 5.67. The second-order valence-electron chi connectivity index (χ2n) is 5.67. The smallest absolute Gasteiger partial charge is 0.338 e. The minimum Gasteiger partial charge on any atom is -0.462 e. The Morgan fingerprint density at radius 1 is 1.24 bits per heavy atom. The Morgan fingerprint density at radius 2 is 2.00 bits per heavy atom. The molecule has 2 N–H and O–H groups in total. The van der Waals surface area contributed by atoms with Crippen molar-refractivity contribution < 1.29 is 9.53 Å². The summed E-state index contributed by atoms with van der Waals surface area (Å²) in [5.74, 6) is 0.719. The SMILES string of the molecule is CCOC(=O)c1ccc(Nc2nncc(NCCCN(C)C)n2)cc1. The molecule has 0 amide bonds.